The van der Waals surface area contributed by atoms with Gasteiger partial charge >= 0.3 is 0 Å². The van der Waals surface area contributed by atoms with Gasteiger partial charge in [0, 0.05) is 12.6 Å². The standard InChI is InChI=1S/C21H22Cl2N4O2S/c1-13(2)11-29-15-9-7-14(8-10-15)20-25-26-21(27(20)3)30-12-18(28)24-17-6-4-5-16(22)19(17)23/h4-10,13H,11-12H2,1-3H3,(H,24,28). The molecular weight excluding hydrogens is 443 g/mol. The van der Waals surface area contributed by atoms with Crippen molar-refractivity contribution in [2.45, 2.75) is 19.0 Å². The molecule has 1 N–H and O–H groups in total. The minimum atomic E-state index is -0.208. The summed E-state index contributed by atoms with van der Waals surface area (Å²) in [6, 6.07) is 12.8. The Labute approximate surface area is 189 Å². The number of hydrogen-bond acceptors (Lipinski definition) is 5. The number of hydrogen-bond donors (Lipinski definition) is 1. The molecule has 0 fully saturated rings. The topological polar surface area (TPSA) is 69.0 Å². The van der Waals surface area contributed by atoms with Crippen molar-refractivity contribution < 1.29 is 9.53 Å². The fraction of sp³-hybridized carbons (Fsp3) is 0.286. The molecule has 1 amide bonds. The molecule has 2 aromatic carbocycles. The second-order valence-corrected chi connectivity index (χ2v) is 8.76. The van der Waals surface area contributed by atoms with Crippen molar-refractivity contribution in [3.05, 3.63) is 52.5 Å². The normalized spacial score (nSPS) is 11.0. The number of nitrogens with one attached hydrogen (secondary N) is 1. The molecule has 0 radical (unpaired) electrons. The Morgan fingerprint density at radius 3 is 2.60 bits per heavy atom. The molecule has 3 aromatic rings. The summed E-state index contributed by atoms with van der Waals surface area (Å²) in [6.45, 7) is 4.89. The van der Waals surface area contributed by atoms with E-state index in [9.17, 15) is 4.79 Å². The molecule has 0 saturated heterocycles. The number of anilines is 1. The first kappa shape index (κ1) is 22.5. The summed E-state index contributed by atoms with van der Waals surface area (Å²) < 4.78 is 7.57. The predicted molar refractivity (Wildman–Crippen MR) is 123 cm³/mol. The van der Waals surface area contributed by atoms with E-state index in [-0.39, 0.29) is 11.7 Å². The molecule has 0 aliphatic carbocycles. The summed E-state index contributed by atoms with van der Waals surface area (Å²) in [5.74, 6) is 1.96. The molecule has 158 valence electrons. The van der Waals surface area contributed by atoms with E-state index in [1.54, 1.807) is 18.2 Å². The molecule has 30 heavy (non-hydrogen) atoms. The summed E-state index contributed by atoms with van der Waals surface area (Å²) in [4.78, 5) is 12.3. The third-order valence-corrected chi connectivity index (χ3v) is 5.93. The van der Waals surface area contributed by atoms with Gasteiger partial charge in [-0.25, -0.2) is 0 Å². The third-order valence-electron chi connectivity index (χ3n) is 4.09. The number of nitrogens with zero attached hydrogens (tertiary/aromatic N) is 3. The Kier molecular flexibility index (Phi) is 7.64. The third kappa shape index (κ3) is 5.68. The number of carbonyl (C=O) groups is 1. The van der Waals surface area contributed by atoms with E-state index in [2.05, 4.69) is 29.4 Å². The molecule has 0 saturated carbocycles. The minimum Gasteiger partial charge on any atom is -0.493 e. The zero-order valence-electron chi connectivity index (χ0n) is 16.9. The molecule has 0 aliphatic heterocycles. The number of carbonyl (C=O) groups excluding carboxylic acids is 1. The van der Waals surface area contributed by atoms with Crippen LogP contribution in [0.4, 0.5) is 5.69 Å². The maximum absolute atomic E-state index is 12.3. The molecular formula is C21H22Cl2N4O2S. The van der Waals surface area contributed by atoms with Gasteiger partial charge in [0.05, 0.1) is 28.1 Å². The van der Waals surface area contributed by atoms with Gasteiger partial charge in [-0.3, -0.25) is 4.79 Å². The first-order chi connectivity index (χ1) is 14.3. The van der Waals surface area contributed by atoms with Crippen LogP contribution >= 0.6 is 35.0 Å². The summed E-state index contributed by atoms with van der Waals surface area (Å²) >= 11 is 13.4. The molecule has 0 unspecified atom stereocenters. The first-order valence-electron chi connectivity index (χ1n) is 9.34. The van der Waals surface area contributed by atoms with Crippen LogP contribution in [0.1, 0.15) is 13.8 Å². The maximum atomic E-state index is 12.3. The number of ether oxygens (including phenoxy) is 1. The zero-order chi connectivity index (χ0) is 21.7. The Bertz CT molecular complexity index is 1020. The number of benzene rings is 2. The van der Waals surface area contributed by atoms with Gasteiger partial charge in [0.2, 0.25) is 5.91 Å². The molecule has 0 bridgehead atoms. The van der Waals surface area contributed by atoms with Gasteiger partial charge in [0.15, 0.2) is 11.0 Å². The van der Waals surface area contributed by atoms with Gasteiger partial charge in [0.1, 0.15) is 5.75 Å². The van der Waals surface area contributed by atoms with Gasteiger partial charge in [-0.1, -0.05) is 54.9 Å². The Hall–Kier alpha value is -2.22. The lowest BCUT2D eigenvalue weighted by atomic mass is 10.2. The summed E-state index contributed by atoms with van der Waals surface area (Å²) in [7, 11) is 1.87. The maximum Gasteiger partial charge on any atom is 0.234 e. The van der Waals surface area contributed by atoms with Crippen molar-refractivity contribution in [3.8, 4) is 17.1 Å². The zero-order valence-corrected chi connectivity index (χ0v) is 19.2. The van der Waals surface area contributed by atoms with Gasteiger partial charge < -0.3 is 14.6 Å². The van der Waals surface area contributed by atoms with Crippen LogP contribution in [0.15, 0.2) is 47.6 Å². The number of aromatic nitrogens is 3. The van der Waals surface area contributed by atoms with Crippen molar-refractivity contribution in [3.63, 3.8) is 0 Å². The van der Waals surface area contributed by atoms with Crippen molar-refractivity contribution in [1.29, 1.82) is 0 Å². The number of rotatable bonds is 8. The van der Waals surface area contributed by atoms with Gasteiger partial charge in [-0.2, -0.15) is 0 Å². The van der Waals surface area contributed by atoms with Crippen LogP contribution in [0.25, 0.3) is 11.4 Å². The molecule has 3 rings (SSSR count). The van der Waals surface area contributed by atoms with Crippen molar-refractivity contribution >= 4 is 46.6 Å². The highest BCUT2D eigenvalue weighted by atomic mass is 35.5. The van der Waals surface area contributed by atoms with Crippen molar-refractivity contribution in [1.82, 2.24) is 14.8 Å². The lowest BCUT2D eigenvalue weighted by Crippen LogP contribution is -2.14. The number of thioether (sulfide) groups is 1. The van der Waals surface area contributed by atoms with E-state index in [4.69, 9.17) is 27.9 Å². The lowest BCUT2D eigenvalue weighted by Gasteiger charge is -2.09. The van der Waals surface area contributed by atoms with Crippen LogP contribution in [0.2, 0.25) is 10.0 Å². The molecule has 9 heteroatoms. The summed E-state index contributed by atoms with van der Waals surface area (Å²) in [6.07, 6.45) is 0. The quantitative estimate of drug-likeness (QED) is 0.442. The Morgan fingerprint density at radius 2 is 1.90 bits per heavy atom. The van der Waals surface area contributed by atoms with Gasteiger partial charge in [0.25, 0.3) is 0 Å². The largest absolute Gasteiger partial charge is 0.493 e. The van der Waals surface area contributed by atoms with Crippen molar-refractivity contribution in [2.75, 3.05) is 17.7 Å². The number of amides is 1. The van der Waals surface area contributed by atoms with E-state index in [0.717, 1.165) is 11.3 Å². The fourth-order valence-corrected chi connectivity index (χ4v) is 3.63. The molecule has 1 heterocycles. The van der Waals surface area contributed by atoms with E-state index < -0.39 is 0 Å². The monoisotopic (exact) mass is 464 g/mol. The predicted octanol–water partition coefficient (Wildman–Crippen LogP) is 5.55. The molecule has 0 aliphatic rings. The van der Waals surface area contributed by atoms with Crippen LogP contribution in [0.5, 0.6) is 5.75 Å². The van der Waals surface area contributed by atoms with Crippen LogP contribution < -0.4 is 10.1 Å². The highest BCUT2D eigenvalue weighted by Gasteiger charge is 2.14. The van der Waals surface area contributed by atoms with E-state index in [1.807, 2.05) is 35.9 Å². The molecule has 6 nitrogen and oxygen atoms in total. The molecule has 1 aromatic heterocycles. The highest BCUT2D eigenvalue weighted by molar-refractivity contribution is 7.99. The Balaban J connectivity index is 1.61. The fourth-order valence-electron chi connectivity index (χ4n) is 2.57. The first-order valence-corrected chi connectivity index (χ1v) is 11.1. The van der Waals surface area contributed by atoms with Crippen LogP contribution in [0, 0.1) is 5.92 Å². The second-order valence-electron chi connectivity index (χ2n) is 7.03. The SMILES string of the molecule is CC(C)COc1ccc(-c2nnc(SCC(=O)Nc3cccc(Cl)c3Cl)n2C)cc1. The van der Waals surface area contributed by atoms with E-state index in [1.165, 1.54) is 11.8 Å². The average Bonchev–Trinajstić information content (AvgIpc) is 3.09. The minimum absolute atomic E-state index is 0.163. The molecule has 0 atom stereocenters. The van der Waals surface area contributed by atoms with Gasteiger partial charge in [-0.05, 0) is 42.3 Å². The van der Waals surface area contributed by atoms with Crippen LogP contribution in [-0.4, -0.2) is 33.0 Å². The van der Waals surface area contributed by atoms with Gasteiger partial charge in [-0.15, -0.1) is 10.2 Å². The molecule has 0 spiro atoms. The summed E-state index contributed by atoms with van der Waals surface area (Å²) in [5, 5.41) is 12.6. The van der Waals surface area contributed by atoms with Crippen LogP contribution in [-0.2, 0) is 11.8 Å². The lowest BCUT2D eigenvalue weighted by molar-refractivity contribution is -0.113. The average molecular weight is 465 g/mol. The highest BCUT2D eigenvalue weighted by Crippen LogP contribution is 2.30. The Morgan fingerprint density at radius 1 is 1.17 bits per heavy atom. The van der Waals surface area contributed by atoms with Crippen LogP contribution in [0.3, 0.4) is 0 Å². The second kappa shape index (κ2) is 10.2. The van der Waals surface area contributed by atoms with E-state index in [0.29, 0.717) is 39.2 Å². The number of halogens is 2. The van der Waals surface area contributed by atoms with Crippen molar-refractivity contribution in [2.24, 2.45) is 13.0 Å². The summed E-state index contributed by atoms with van der Waals surface area (Å²) in [5.41, 5.74) is 1.40. The smallest absolute Gasteiger partial charge is 0.234 e. The van der Waals surface area contributed by atoms with E-state index >= 15 is 0 Å².